The Kier molecular flexibility index (Phi) is 4.04. The highest BCUT2D eigenvalue weighted by Crippen LogP contribution is 2.22. The van der Waals surface area contributed by atoms with Crippen LogP contribution >= 0.6 is 0 Å². The molecule has 0 amide bonds. The fourth-order valence-corrected chi connectivity index (χ4v) is 2.91. The Labute approximate surface area is 120 Å². The average molecular weight is 273 g/mol. The second-order valence-corrected chi connectivity index (χ2v) is 5.64. The summed E-state index contributed by atoms with van der Waals surface area (Å²) >= 11 is 0. The van der Waals surface area contributed by atoms with Gasteiger partial charge in [-0.05, 0) is 30.9 Å². The van der Waals surface area contributed by atoms with E-state index in [1.165, 1.54) is 18.5 Å². The minimum atomic E-state index is 0.754. The van der Waals surface area contributed by atoms with Crippen LogP contribution in [-0.2, 0) is 0 Å². The van der Waals surface area contributed by atoms with Crippen molar-refractivity contribution in [3.63, 3.8) is 0 Å². The first kappa shape index (κ1) is 13.2. The first-order chi connectivity index (χ1) is 9.83. The predicted octanol–water partition coefficient (Wildman–Crippen LogP) is 1.19. The normalized spacial score (nSPS) is 20.1. The van der Waals surface area contributed by atoms with Crippen LogP contribution < -0.4 is 10.2 Å². The highest BCUT2D eigenvalue weighted by atomic mass is 15.3. The molecule has 5 heteroatoms. The monoisotopic (exact) mass is 273 g/mol. The van der Waals surface area contributed by atoms with Gasteiger partial charge in [-0.25, -0.2) is 0 Å². The second-order valence-electron chi connectivity index (χ2n) is 5.64. The van der Waals surface area contributed by atoms with Gasteiger partial charge in [0, 0.05) is 51.3 Å². The van der Waals surface area contributed by atoms with Crippen molar-refractivity contribution in [3.05, 3.63) is 24.5 Å². The van der Waals surface area contributed by atoms with E-state index in [1.807, 2.05) is 12.4 Å². The Hall–Kier alpha value is -1.78. The molecule has 20 heavy (non-hydrogen) atoms. The summed E-state index contributed by atoms with van der Waals surface area (Å²) in [6.45, 7) is 5.30. The second kappa shape index (κ2) is 6.11. The molecule has 3 heterocycles. The van der Waals surface area contributed by atoms with Gasteiger partial charge in [-0.15, -0.1) is 0 Å². The van der Waals surface area contributed by atoms with Crippen LogP contribution in [0.1, 0.15) is 12.8 Å². The smallest absolute Gasteiger partial charge is 0.193 e. The molecule has 5 nitrogen and oxygen atoms in total. The summed E-state index contributed by atoms with van der Waals surface area (Å²) in [5, 5.41) is 3.50. The van der Waals surface area contributed by atoms with Gasteiger partial charge in [-0.2, -0.15) is 0 Å². The van der Waals surface area contributed by atoms with E-state index in [1.54, 1.807) is 0 Å². The molecular weight excluding hydrogens is 250 g/mol. The molecule has 0 aliphatic carbocycles. The van der Waals surface area contributed by atoms with Crippen molar-refractivity contribution in [1.29, 1.82) is 0 Å². The van der Waals surface area contributed by atoms with Crippen LogP contribution in [0.3, 0.4) is 0 Å². The maximum atomic E-state index is 4.48. The number of hydrogen-bond acceptors (Lipinski definition) is 5. The molecule has 0 bridgehead atoms. The van der Waals surface area contributed by atoms with Gasteiger partial charge >= 0.3 is 0 Å². The van der Waals surface area contributed by atoms with Gasteiger partial charge in [0.2, 0.25) is 0 Å². The van der Waals surface area contributed by atoms with Crippen LogP contribution in [0.2, 0.25) is 0 Å². The third-order valence-corrected chi connectivity index (χ3v) is 4.25. The summed E-state index contributed by atoms with van der Waals surface area (Å²) in [5.41, 5.74) is 1.30. The number of hydrogen-bond donors (Lipinski definition) is 1. The van der Waals surface area contributed by atoms with Gasteiger partial charge in [0.15, 0.2) is 5.96 Å². The molecule has 1 aromatic heterocycles. The van der Waals surface area contributed by atoms with Crippen LogP contribution in [0.25, 0.3) is 0 Å². The van der Waals surface area contributed by atoms with Crippen LogP contribution in [-0.4, -0.2) is 55.6 Å². The standard InChI is InChI=1S/C15H23N5/c1-19-11-8-17-15(19)18-12-13-4-9-20(10-5-13)14-2-6-16-7-3-14/h2-3,6-7,13H,4-5,8-12H2,1H3,(H,17,18). The molecular formula is C15H23N5. The van der Waals surface area contributed by atoms with Crippen molar-refractivity contribution < 1.29 is 0 Å². The number of nitrogens with zero attached hydrogens (tertiary/aromatic N) is 4. The van der Waals surface area contributed by atoms with E-state index in [-0.39, 0.29) is 0 Å². The van der Waals surface area contributed by atoms with Gasteiger partial charge in [-0.1, -0.05) is 0 Å². The topological polar surface area (TPSA) is 43.8 Å². The van der Waals surface area contributed by atoms with Crippen LogP contribution in [0.5, 0.6) is 0 Å². The van der Waals surface area contributed by atoms with Crippen LogP contribution in [0.4, 0.5) is 5.69 Å². The zero-order valence-electron chi connectivity index (χ0n) is 12.1. The summed E-state index contributed by atoms with van der Waals surface area (Å²) in [6, 6.07) is 4.20. The Bertz CT molecular complexity index is 451. The van der Waals surface area contributed by atoms with Gasteiger partial charge in [0.1, 0.15) is 0 Å². The Balaban J connectivity index is 1.45. The van der Waals surface area contributed by atoms with Gasteiger partial charge in [0.25, 0.3) is 0 Å². The number of likely N-dealkylation sites (N-methyl/N-ethyl adjacent to an activating group) is 1. The lowest BCUT2D eigenvalue weighted by atomic mass is 9.96. The van der Waals surface area contributed by atoms with Crippen molar-refractivity contribution in [2.45, 2.75) is 12.8 Å². The maximum absolute atomic E-state index is 4.48. The van der Waals surface area contributed by atoms with E-state index < -0.39 is 0 Å². The largest absolute Gasteiger partial charge is 0.371 e. The Morgan fingerprint density at radius 3 is 2.60 bits per heavy atom. The molecule has 0 saturated carbocycles. The van der Waals surface area contributed by atoms with E-state index in [0.29, 0.717) is 0 Å². The molecule has 0 spiro atoms. The molecule has 108 valence electrons. The lowest BCUT2D eigenvalue weighted by Gasteiger charge is -2.34. The van der Waals surface area contributed by atoms with Crippen molar-refractivity contribution >= 4 is 11.6 Å². The molecule has 0 unspecified atom stereocenters. The molecule has 1 saturated heterocycles. The third kappa shape index (κ3) is 3.03. The highest BCUT2D eigenvalue weighted by molar-refractivity contribution is 5.81. The highest BCUT2D eigenvalue weighted by Gasteiger charge is 2.20. The number of guanidine groups is 1. The number of nitrogens with one attached hydrogen (secondary N) is 1. The summed E-state index contributed by atoms with van der Waals surface area (Å²) in [7, 11) is 2.10. The number of piperidine rings is 1. The van der Waals surface area contributed by atoms with Gasteiger partial charge < -0.3 is 15.1 Å². The molecule has 1 aromatic rings. The minimum Gasteiger partial charge on any atom is -0.371 e. The average Bonchev–Trinajstić information content (AvgIpc) is 2.92. The maximum Gasteiger partial charge on any atom is 0.193 e. The molecule has 1 N–H and O–H groups in total. The summed E-state index contributed by atoms with van der Waals surface area (Å²) < 4.78 is 0. The van der Waals surface area contributed by atoms with E-state index in [9.17, 15) is 0 Å². The van der Waals surface area contributed by atoms with Crippen molar-refractivity contribution in [2.24, 2.45) is 10.9 Å². The fraction of sp³-hybridized carbons (Fsp3) is 0.600. The number of anilines is 1. The quantitative estimate of drug-likeness (QED) is 0.898. The number of pyridine rings is 1. The Morgan fingerprint density at radius 2 is 1.95 bits per heavy atom. The molecule has 1 fully saturated rings. The lowest BCUT2D eigenvalue weighted by Crippen LogP contribution is -2.42. The molecule has 3 rings (SSSR count). The van der Waals surface area contributed by atoms with Crippen molar-refractivity contribution in [2.75, 3.05) is 44.7 Å². The summed E-state index contributed by atoms with van der Waals surface area (Å²) in [5.74, 6) is 1.83. The predicted molar refractivity (Wildman–Crippen MR) is 82.1 cm³/mol. The SMILES string of the molecule is CN1CCN=C1NCC1CCN(c2ccncc2)CC1. The van der Waals surface area contributed by atoms with Crippen LogP contribution in [0, 0.1) is 5.92 Å². The van der Waals surface area contributed by atoms with E-state index in [0.717, 1.165) is 44.6 Å². The van der Waals surface area contributed by atoms with Crippen molar-refractivity contribution in [3.8, 4) is 0 Å². The molecule has 2 aliphatic rings. The van der Waals surface area contributed by atoms with Gasteiger partial charge in [-0.3, -0.25) is 9.98 Å². The molecule has 0 atom stereocenters. The first-order valence-electron chi connectivity index (χ1n) is 7.47. The summed E-state index contributed by atoms with van der Waals surface area (Å²) in [6.07, 6.45) is 6.23. The molecule has 0 radical (unpaired) electrons. The third-order valence-electron chi connectivity index (χ3n) is 4.25. The minimum absolute atomic E-state index is 0.754. The zero-order chi connectivity index (χ0) is 13.8. The molecule has 0 aromatic carbocycles. The van der Waals surface area contributed by atoms with E-state index >= 15 is 0 Å². The number of aliphatic imine (C=N–C) groups is 1. The van der Waals surface area contributed by atoms with Gasteiger partial charge in [0.05, 0.1) is 6.54 Å². The van der Waals surface area contributed by atoms with E-state index in [4.69, 9.17) is 0 Å². The number of rotatable bonds is 3. The summed E-state index contributed by atoms with van der Waals surface area (Å²) in [4.78, 5) is 13.2. The van der Waals surface area contributed by atoms with Crippen LogP contribution in [0.15, 0.2) is 29.5 Å². The molecule has 2 aliphatic heterocycles. The van der Waals surface area contributed by atoms with Crippen molar-refractivity contribution in [1.82, 2.24) is 15.2 Å². The fourth-order valence-electron chi connectivity index (χ4n) is 2.91. The van der Waals surface area contributed by atoms with E-state index in [2.05, 4.69) is 44.3 Å². The first-order valence-corrected chi connectivity index (χ1v) is 7.47. The number of aromatic nitrogens is 1. The lowest BCUT2D eigenvalue weighted by molar-refractivity contribution is 0.395. The Morgan fingerprint density at radius 1 is 1.20 bits per heavy atom. The zero-order valence-corrected chi connectivity index (χ0v) is 12.1.